The SMILES string of the molecule is C=C(C)C1C/C=C(/C)CCC/C(C)=C\C1. The van der Waals surface area contributed by atoms with Gasteiger partial charge in [-0.1, -0.05) is 35.5 Å². The van der Waals surface area contributed by atoms with Gasteiger partial charge in [0, 0.05) is 0 Å². The molecule has 0 aromatic heterocycles. The van der Waals surface area contributed by atoms with Gasteiger partial charge in [0.15, 0.2) is 0 Å². The minimum absolute atomic E-state index is 0.646. The fourth-order valence-corrected chi connectivity index (χ4v) is 2.04. The summed E-state index contributed by atoms with van der Waals surface area (Å²) in [5, 5.41) is 0. The van der Waals surface area contributed by atoms with Crippen molar-refractivity contribution in [2.24, 2.45) is 5.92 Å². The second-order valence-electron chi connectivity index (χ2n) is 4.97. The van der Waals surface area contributed by atoms with E-state index < -0.39 is 0 Å². The largest absolute Gasteiger partial charge is 0.0998 e. The van der Waals surface area contributed by atoms with Crippen LogP contribution in [-0.4, -0.2) is 0 Å². The molecule has 1 aliphatic carbocycles. The van der Waals surface area contributed by atoms with Crippen molar-refractivity contribution >= 4 is 0 Å². The highest BCUT2D eigenvalue weighted by Gasteiger charge is 2.08. The molecule has 0 aromatic carbocycles. The first kappa shape index (κ1) is 12.3. The van der Waals surface area contributed by atoms with Crippen LogP contribution in [0, 0.1) is 5.92 Å². The van der Waals surface area contributed by atoms with Gasteiger partial charge >= 0.3 is 0 Å². The number of hydrogen-bond acceptors (Lipinski definition) is 0. The van der Waals surface area contributed by atoms with Crippen LogP contribution in [-0.2, 0) is 0 Å². The first-order chi connectivity index (χ1) is 7.09. The van der Waals surface area contributed by atoms with E-state index in [1.165, 1.54) is 37.7 Å². The van der Waals surface area contributed by atoms with E-state index in [9.17, 15) is 0 Å². The quantitative estimate of drug-likeness (QED) is 0.525. The van der Waals surface area contributed by atoms with Gasteiger partial charge in [-0.3, -0.25) is 0 Å². The molecule has 0 saturated heterocycles. The highest BCUT2D eigenvalue weighted by atomic mass is 14.1. The molecule has 0 saturated carbocycles. The molecule has 0 unspecified atom stereocenters. The Bertz CT molecular complexity index is 256. The Balaban J connectivity index is 2.71. The minimum Gasteiger partial charge on any atom is -0.0998 e. The lowest BCUT2D eigenvalue weighted by atomic mass is 9.90. The molecule has 0 aromatic rings. The van der Waals surface area contributed by atoms with Crippen LogP contribution in [0.5, 0.6) is 0 Å². The van der Waals surface area contributed by atoms with Crippen LogP contribution in [0.4, 0.5) is 0 Å². The van der Waals surface area contributed by atoms with Crippen LogP contribution in [0.1, 0.15) is 52.9 Å². The van der Waals surface area contributed by atoms with Crippen molar-refractivity contribution in [3.05, 3.63) is 35.5 Å². The molecule has 0 N–H and O–H groups in total. The van der Waals surface area contributed by atoms with Crippen molar-refractivity contribution in [2.45, 2.75) is 52.9 Å². The molecule has 0 atom stereocenters. The van der Waals surface area contributed by atoms with E-state index in [1.54, 1.807) is 11.1 Å². The average Bonchev–Trinajstić information content (AvgIpc) is 2.16. The Labute approximate surface area is 94.8 Å². The van der Waals surface area contributed by atoms with Crippen molar-refractivity contribution in [1.29, 1.82) is 0 Å². The summed E-state index contributed by atoms with van der Waals surface area (Å²) in [7, 11) is 0. The summed E-state index contributed by atoms with van der Waals surface area (Å²) in [5.74, 6) is 0.646. The summed E-state index contributed by atoms with van der Waals surface area (Å²) >= 11 is 0. The van der Waals surface area contributed by atoms with Gasteiger partial charge < -0.3 is 0 Å². The van der Waals surface area contributed by atoms with Gasteiger partial charge in [-0.15, -0.1) is 0 Å². The summed E-state index contributed by atoms with van der Waals surface area (Å²) in [6, 6.07) is 0. The molecule has 1 rings (SSSR count). The number of rotatable bonds is 1. The first-order valence-electron chi connectivity index (χ1n) is 6.06. The lowest BCUT2D eigenvalue weighted by Gasteiger charge is -2.16. The van der Waals surface area contributed by atoms with Crippen LogP contribution in [0.3, 0.4) is 0 Å². The molecule has 0 spiro atoms. The molecule has 0 fully saturated rings. The summed E-state index contributed by atoms with van der Waals surface area (Å²) in [6.07, 6.45) is 11.0. The van der Waals surface area contributed by atoms with Gasteiger partial charge in [0.2, 0.25) is 0 Å². The van der Waals surface area contributed by atoms with Crippen molar-refractivity contribution < 1.29 is 0 Å². The molecule has 0 nitrogen and oxygen atoms in total. The number of hydrogen-bond donors (Lipinski definition) is 0. The smallest absolute Gasteiger partial charge is 0.0139 e. The van der Waals surface area contributed by atoms with Gasteiger partial charge in [0.25, 0.3) is 0 Å². The molecule has 0 heterocycles. The summed E-state index contributed by atoms with van der Waals surface area (Å²) in [5.41, 5.74) is 4.43. The molecular formula is C15H24. The van der Waals surface area contributed by atoms with E-state index in [2.05, 4.69) is 39.5 Å². The van der Waals surface area contributed by atoms with E-state index in [1.807, 2.05) is 0 Å². The van der Waals surface area contributed by atoms with Crippen LogP contribution in [0.25, 0.3) is 0 Å². The van der Waals surface area contributed by atoms with Crippen molar-refractivity contribution in [3.63, 3.8) is 0 Å². The van der Waals surface area contributed by atoms with Crippen LogP contribution >= 0.6 is 0 Å². The maximum Gasteiger partial charge on any atom is -0.0139 e. The zero-order valence-electron chi connectivity index (χ0n) is 10.5. The molecule has 1 aliphatic rings. The molecule has 0 radical (unpaired) electrons. The van der Waals surface area contributed by atoms with Gasteiger partial charge in [-0.2, -0.15) is 0 Å². The summed E-state index contributed by atoms with van der Waals surface area (Å²) in [4.78, 5) is 0. The van der Waals surface area contributed by atoms with E-state index in [0.29, 0.717) is 5.92 Å². The standard InChI is InChI=1S/C15H24/c1-12(2)15-10-8-13(3)6-5-7-14(4)9-11-15/h8-9,15H,1,5-7,10-11H2,2-4H3/b13-8-,14-9-. The third-order valence-corrected chi connectivity index (χ3v) is 3.34. The van der Waals surface area contributed by atoms with Crippen molar-refractivity contribution in [3.8, 4) is 0 Å². The predicted octanol–water partition coefficient (Wildman–Crippen LogP) is 5.04. The fourth-order valence-electron chi connectivity index (χ4n) is 2.04. The van der Waals surface area contributed by atoms with Crippen LogP contribution < -0.4 is 0 Å². The molecule has 15 heavy (non-hydrogen) atoms. The molecule has 0 amide bonds. The zero-order chi connectivity index (χ0) is 11.3. The van der Waals surface area contributed by atoms with E-state index in [4.69, 9.17) is 0 Å². The normalized spacial score (nSPS) is 31.0. The maximum absolute atomic E-state index is 4.10. The topological polar surface area (TPSA) is 0 Å². The monoisotopic (exact) mass is 204 g/mol. The summed E-state index contributed by atoms with van der Waals surface area (Å²) < 4.78 is 0. The highest BCUT2D eigenvalue weighted by molar-refractivity contribution is 5.10. The Morgan fingerprint density at radius 2 is 1.60 bits per heavy atom. The molecule has 0 bridgehead atoms. The Morgan fingerprint density at radius 3 is 2.00 bits per heavy atom. The molecule has 0 heteroatoms. The predicted molar refractivity (Wildman–Crippen MR) is 68.9 cm³/mol. The van der Waals surface area contributed by atoms with Gasteiger partial charge in [-0.25, -0.2) is 0 Å². The van der Waals surface area contributed by atoms with Gasteiger partial charge in [0.05, 0.1) is 0 Å². The zero-order valence-corrected chi connectivity index (χ0v) is 10.5. The van der Waals surface area contributed by atoms with Crippen LogP contribution in [0.15, 0.2) is 35.5 Å². The minimum atomic E-state index is 0.646. The van der Waals surface area contributed by atoms with E-state index in [0.717, 1.165) is 0 Å². The summed E-state index contributed by atoms with van der Waals surface area (Å²) in [6.45, 7) is 10.8. The number of allylic oxidation sites excluding steroid dienone is 5. The lowest BCUT2D eigenvalue weighted by molar-refractivity contribution is 0.621. The Kier molecular flexibility index (Phi) is 4.87. The van der Waals surface area contributed by atoms with Crippen molar-refractivity contribution in [2.75, 3.05) is 0 Å². The van der Waals surface area contributed by atoms with Crippen molar-refractivity contribution in [1.82, 2.24) is 0 Å². The maximum atomic E-state index is 4.10. The fraction of sp³-hybridized carbons (Fsp3) is 0.600. The molecular weight excluding hydrogens is 180 g/mol. The highest BCUT2D eigenvalue weighted by Crippen LogP contribution is 2.24. The Morgan fingerprint density at radius 1 is 1.13 bits per heavy atom. The third-order valence-electron chi connectivity index (χ3n) is 3.34. The molecule has 0 aliphatic heterocycles. The first-order valence-corrected chi connectivity index (χ1v) is 6.06. The second-order valence-corrected chi connectivity index (χ2v) is 4.97. The van der Waals surface area contributed by atoms with E-state index >= 15 is 0 Å². The van der Waals surface area contributed by atoms with Crippen LogP contribution in [0.2, 0.25) is 0 Å². The second kappa shape index (κ2) is 5.95. The third kappa shape index (κ3) is 4.51. The molecule has 84 valence electrons. The Hall–Kier alpha value is -0.780. The average molecular weight is 204 g/mol. The van der Waals surface area contributed by atoms with Gasteiger partial charge in [-0.05, 0) is 58.8 Å². The van der Waals surface area contributed by atoms with E-state index in [-0.39, 0.29) is 0 Å². The lowest BCUT2D eigenvalue weighted by Crippen LogP contribution is -2.00. The van der Waals surface area contributed by atoms with Gasteiger partial charge in [0.1, 0.15) is 0 Å².